The topological polar surface area (TPSA) is 41.6 Å². The first-order chi connectivity index (χ1) is 7.27. The molecule has 15 heavy (non-hydrogen) atoms. The molecule has 1 saturated carbocycles. The molecule has 0 aromatic carbocycles. The molecule has 0 radical (unpaired) electrons. The Morgan fingerprint density at radius 1 is 1.53 bits per heavy atom. The molecule has 3 nitrogen and oxygen atoms in total. The Labute approximate surface area is 98.2 Å². The van der Waals surface area contributed by atoms with Crippen molar-refractivity contribution >= 4 is 15.9 Å². The second-order valence-corrected chi connectivity index (χ2v) is 5.11. The number of aromatic nitrogens is 2. The van der Waals surface area contributed by atoms with E-state index < -0.39 is 0 Å². The molecule has 1 fully saturated rings. The van der Waals surface area contributed by atoms with E-state index in [9.17, 15) is 0 Å². The Bertz CT molecular complexity index is 371. The zero-order valence-corrected chi connectivity index (χ0v) is 10.2. The SMILES string of the molecule is N#CCCC1(n2cc(Br)cn2)CCCC1. The highest BCUT2D eigenvalue weighted by atomic mass is 79.9. The number of hydrogen-bond acceptors (Lipinski definition) is 2. The van der Waals surface area contributed by atoms with E-state index in [2.05, 4.69) is 31.8 Å². The predicted octanol–water partition coefficient (Wildman–Crippen LogP) is 3.22. The van der Waals surface area contributed by atoms with Crippen molar-refractivity contribution in [3.8, 4) is 6.07 Å². The molecule has 0 N–H and O–H groups in total. The van der Waals surface area contributed by atoms with E-state index in [4.69, 9.17) is 5.26 Å². The Kier molecular flexibility index (Phi) is 3.11. The van der Waals surface area contributed by atoms with Gasteiger partial charge in [-0.05, 0) is 35.2 Å². The van der Waals surface area contributed by atoms with Crippen LogP contribution in [0.25, 0.3) is 0 Å². The van der Waals surface area contributed by atoms with Crippen LogP contribution >= 0.6 is 15.9 Å². The molecule has 1 aromatic heterocycles. The molecule has 0 unspecified atom stereocenters. The minimum Gasteiger partial charge on any atom is -0.265 e. The van der Waals surface area contributed by atoms with Crippen LogP contribution in [-0.2, 0) is 5.54 Å². The predicted molar refractivity (Wildman–Crippen MR) is 61.2 cm³/mol. The molecule has 0 bridgehead atoms. The highest BCUT2D eigenvalue weighted by Gasteiger charge is 2.35. The highest BCUT2D eigenvalue weighted by molar-refractivity contribution is 9.10. The third kappa shape index (κ3) is 2.07. The van der Waals surface area contributed by atoms with E-state index in [-0.39, 0.29) is 5.54 Å². The molecular weight excluding hydrogens is 254 g/mol. The molecule has 0 atom stereocenters. The molecule has 1 aliphatic carbocycles. The van der Waals surface area contributed by atoms with Crippen molar-refractivity contribution in [2.45, 2.75) is 44.1 Å². The molecule has 1 aliphatic rings. The quantitative estimate of drug-likeness (QED) is 0.844. The second kappa shape index (κ2) is 4.36. The summed E-state index contributed by atoms with van der Waals surface area (Å²) < 4.78 is 3.08. The maximum Gasteiger partial charge on any atom is 0.0637 e. The van der Waals surface area contributed by atoms with Crippen molar-refractivity contribution in [1.29, 1.82) is 5.26 Å². The molecule has 0 spiro atoms. The van der Waals surface area contributed by atoms with Crippen LogP contribution in [0.5, 0.6) is 0 Å². The van der Waals surface area contributed by atoms with Gasteiger partial charge < -0.3 is 0 Å². The summed E-state index contributed by atoms with van der Waals surface area (Å²) in [5.41, 5.74) is 0.113. The number of rotatable bonds is 3. The summed E-state index contributed by atoms with van der Waals surface area (Å²) in [5, 5.41) is 13.1. The molecule has 4 heteroatoms. The summed E-state index contributed by atoms with van der Waals surface area (Å²) in [4.78, 5) is 0. The van der Waals surface area contributed by atoms with Gasteiger partial charge in [-0.1, -0.05) is 12.8 Å². The minimum absolute atomic E-state index is 0.113. The van der Waals surface area contributed by atoms with Crippen LogP contribution in [0, 0.1) is 11.3 Å². The fourth-order valence-corrected chi connectivity index (χ4v) is 2.76. The molecule has 80 valence electrons. The fourth-order valence-electron chi connectivity index (χ4n) is 2.48. The maximum absolute atomic E-state index is 8.70. The first kappa shape index (κ1) is 10.7. The summed E-state index contributed by atoms with van der Waals surface area (Å²) >= 11 is 3.42. The molecule has 1 aromatic rings. The third-order valence-corrected chi connectivity index (χ3v) is 3.68. The third-order valence-electron chi connectivity index (χ3n) is 3.27. The Hall–Kier alpha value is -0.820. The summed E-state index contributed by atoms with van der Waals surface area (Å²) in [7, 11) is 0. The summed E-state index contributed by atoms with van der Waals surface area (Å²) in [6.07, 6.45) is 10.2. The van der Waals surface area contributed by atoms with E-state index in [1.807, 2.05) is 12.4 Å². The lowest BCUT2D eigenvalue weighted by Crippen LogP contribution is -2.30. The lowest BCUT2D eigenvalue weighted by atomic mass is 9.92. The van der Waals surface area contributed by atoms with E-state index >= 15 is 0 Å². The van der Waals surface area contributed by atoms with Gasteiger partial charge in [0.2, 0.25) is 0 Å². The van der Waals surface area contributed by atoms with Crippen LogP contribution < -0.4 is 0 Å². The van der Waals surface area contributed by atoms with Crippen LogP contribution in [0.3, 0.4) is 0 Å². The van der Waals surface area contributed by atoms with Crippen LogP contribution in [0.2, 0.25) is 0 Å². The van der Waals surface area contributed by atoms with Crippen molar-refractivity contribution in [2.75, 3.05) is 0 Å². The zero-order chi connectivity index (χ0) is 10.7. The number of halogens is 1. The van der Waals surface area contributed by atoms with Crippen molar-refractivity contribution in [1.82, 2.24) is 9.78 Å². The maximum atomic E-state index is 8.70. The van der Waals surface area contributed by atoms with Gasteiger partial charge in [0, 0.05) is 12.6 Å². The Morgan fingerprint density at radius 2 is 2.27 bits per heavy atom. The first-order valence-electron chi connectivity index (χ1n) is 5.34. The average molecular weight is 268 g/mol. The van der Waals surface area contributed by atoms with Crippen LogP contribution in [0.1, 0.15) is 38.5 Å². The lowest BCUT2D eigenvalue weighted by molar-refractivity contribution is 0.245. The normalized spacial score (nSPS) is 18.9. The van der Waals surface area contributed by atoms with Crippen molar-refractivity contribution in [2.24, 2.45) is 0 Å². The molecule has 0 amide bonds. The summed E-state index contributed by atoms with van der Waals surface area (Å²) in [6.45, 7) is 0. The number of nitriles is 1. The van der Waals surface area contributed by atoms with Crippen molar-refractivity contribution in [3.05, 3.63) is 16.9 Å². The molecule has 1 heterocycles. The second-order valence-electron chi connectivity index (χ2n) is 4.19. The van der Waals surface area contributed by atoms with Crippen molar-refractivity contribution < 1.29 is 0 Å². The van der Waals surface area contributed by atoms with E-state index in [1.54, 1.807) is 0 Å². The van der Waals surface area contributed by atoms with Gasteiger partial charge in [0.25, 0.3) is 0 Å². The van der Waals surface area contributed by atoms with Gasteiger partial charge in [-0.25, -0.2) is 0 Å². The van der Waals surface area contributed by atoms with Gasteiger partial charge in [-0.2, -0.15) is 10.4 Å². The molecule has 0 aliphatic heterocycles. The first-order valence-corrected chi connectivity index (χ1v) is 6.14. The van der Waals surface area contributed by atoms with Crippen LogP contribution in [0.15, 0.2) is 16.9 Å². The van der Waals surface area contributed by atoms with Crippen LogP contribution in [-0.4, -0.2) is 9.78 Å². The smallest absolute Gasteiger partial charge is 0.0637 e. The minimum atomic E-state index is 0.113. The van der Waals surface area contributed by atoms with Gasteiger partial charge >= 0.3 is 0 Å². The summed E-state index contributed by atoms with van der Waals surface area (Å²) in [6, 6.07) is 2.24. The van der Waals surface area contributed by atoms with Crippen molar-refractivity contribution in [3.63, 3.8) is 0 Å². The summed E-state index contributed by atoms with van der Waals surface area (Å²) in [5.74, 6) is 0. The Morgan fingerprint density at radius 3 is 2.80 bits per heavy atom. The fraction of sp³-hybridized carbons (Fsp3) is 0.636. The van der Waals surface area contributed by atoms with Crippen LogP contribution in [0.4, 0.5) is 0 Å². The zero-order valence-electron chi connectivity index (χ0n) is 8.62. The van der Waals surface area contributed by atoms with Gasteiger partial charge in [0.1, 0.15) is 0 Å². The van der Waals surface area contributed by atoms with E-state index in [1.165, 1.54) is 12.8 Å². The van der Waals surface area contributed by atoms with Gasteiger partial charge in [-0.3, -0.25) is 4.68 Å². The number of nitrogens with zero attached hydrogens (tertiary/aromatic N) is 3. The largest absolute Gasteiger partial charge is 0.265 e. The van der Waals surface area contributed by atoms with E-state index in [0.717, 1.165) is 23.7 Å². The molecule has 0 saturated heterocycles. The number of hydrogen-bond donors (Lipinski definition) is 0. The lowest BCUT2D eigenvalue weighted by Gasteiger charge is -2.28. The monoisotopic (exact) mass is 267 g/mol. The van der Waals surface area contributed by atoms with Gasteiger partial charge in [-0.15, -0.1) is 0 Å². The molecular formula is C11H14BrN3. The molecule has 2 rings (SSSR count). The van der Waals surface area contributed by atoms with Gasteiger partial charge in [0.15, 0.2) is 0 Å². The standard InChI is InChI=1S/C11H14BrN3/c12-10-8-14-15(9-10)11(6-3-7-13)4-1-2-5-11/h8-9H,1-6H2. The Balaban J connectivity index is 2.22. The van der Waals surface area contributed by atoms with Gasteiger partial charge in [0.05, 0.1) is 22.3 Å². The average Bonchev–Trinajstić information content (AvgIpc) is 2.84. The van der Waals surface area contributed by atoms with E-state index in [0.29, 0.717) is 6.42 Å². The highest BCUT2D eigenvalue weighted by Crippen LogP contribution is 2.40.